The highest BCUT2D eigenvalue weighted by Crippen LogP contribution is 2.38. The number of hydrogen-bond donors (Lipinski definition) is 2. The van der Waals surface area contributed by atoms with Crippen LogP contribution < -0.4 is 11.1 Å². The molecule has 1 saturated carbocycles. The predicted molar refractivity (Wildman–Crippen MR) is 74.4 cm³/mol. The number of amides is 1. The van der Waals surface area contributed by atoms with Gasteiger partial charge in [-0.2, -0.15) is 0 Å². The number of hydrogen-bond acceptors (Lipinski definition) is 2. The molecule has 18 heavy (non-hydrogen) atoms. The monoisotopic (exact) mass is 246 g/mol. The first kappa shape index (κ1) is 13.1. The van der Waals surface area contributed by atoms with Crippen LogP contribution >= 0.6 is 0 Å². The van der Waals surface area contributed by atoms with Crippen LogP contribution in [0.25, 0.3) is 0 Å². The molecule has 0 atom stereocenters. The first-order valence-corrected chi connectivity index (χ1v) is 6.81. The molecule has 0 saturated heterocycles. The molecule has 3 N–H and O–H groups in total. The van der Waals surface area contributed by atoms with Gasteiger partial charge in [0.05, 0.1) is 5.41 Å². The van der Waals surface area contributed by atoms with E-state index in [0.717, 1.165) is 37.8 Å². The SMILES string of the molecule is CCc1ccc(NC(=O)C2(CN)CCCC2)cc1. The van der Waals surface area contributed by atoms with E-state index in [1.54, 1.807) is 0 Å². The summed E-state index contributed by atoms with van der Waals surface area (Å²) >= 11 is 0. The van der Waals surface area contributed by atoms with Crippen molar-refractivity contribution < 1.29 is 4.79 Å². The molecule has 2 rings (SSSR count). The minimum Gasteiger partial charge on any atom is -0.329 e. The predicted octanol–water partition coefficient (Wildman–Crippen LogP) is 2.71. The van der Waals surface area contributed by atoms with E-state index in [9.17, 15) is 4.79 Å². The molecule has 98 valence electrons. The maximum absolute atomic E-state index is 12.3. The summed E-state index contributed by atoms with van der Waals surface area (Å²) < 4.78 is 0. The van der Waals surface area contributed by atoms with Crippen molar-refractivity contribution in [1.29, 1.82) is 0 Å². The van der Waals surface area contributed by atoms with Gasteiger partial charge in [0.25, 0.3) is 0 Å². The fraction of sp³-hybridized carbons (Fsp3) is 0.533. The van der Waals surface area contributed by atoms with Crippen LogP contribution in [0.2, 0.25) is 0 Å². The second-order valence-corrected chi connectivity index (χ2v) is 5.20. The summed E-state index contributed by atoms with van der Waals surface area (Å²) in [5.74, 6) is 0.0896. The Morgan fingerprint density at radius 1 is 1.28 bits per heavy atom. The zero-order valence-corrected chi connectivity index (χ0v) is 11.0. The third kappa shape index (κ3) is 2.56. The standard InChI is InChI=1S/C15H22N2O/c1-2-12-5-7-13(8-6-12)17-14(18)15(11-16)9-3-4-10-15/h5-8H,2-4,9-11,16H2,1H3,(H,17,18). The largest absolute Gasteiger partial charge is 0.329 e. The summed E-state index contributed by atoms with van der Waals surface area (Å²) in [6.45, 7) is 2.57. The number of carbonyl (C=O) groups excluding carboxylic acids is 1. The number of benzene rings is 1. The molecule has 1 aromatic rings. The lowest BCUT2D eigenvalue weighted by Gasteiger charge is -2.25. The summed E-state index contributed by atoms with van der Waals surface area (Å²) in [6.07, 6.45) is 5.07. The van der Waals surface area contributed by atoms with Crippen molar-refractivity contribution >= 4 is 11.6 Å². The summed E-state index contributed by atoms with van der Waals surface area (Å²) in [5, 5.41) is 3.01. The fourth-order valence-electron chi connectivity index (χ4n) is 2.66. The maximum atomic E-state index is 12.3. The van der Waals surface area contributed by atoms with Gasteiger partial charge >= 0.3 is 0 Å². The Morgan fingerprint density at radius 3 is 2.39 bits per heavy atom. The molecule has 0 radical (unpaired) electrons. The Kier molecular flexibility index (Phi) is 4.02. The quantitative estimate of drug-likeness (QED) is 0.858. The Labute approximate surface area is 109 Å². The van der Waals surface area contributed by atoms with Crippen LogP contribution in [-0.4, -0.2) is 12.5 Å². The van der Waals surface area contributed by atoms with E-state index in [2.05, 4.69) is 24.4 Å². The van der Waals surface area contributed by atoms with Crippen molar-refractivity contribution in [2.24, 2.45) is 11.1 Å². The second kappa shape index (κ2) is 5.53. The lowest BCUT2D eigenvalue weighted by atomic mass is 9.85. The van der Waals surface area contributed by atoms with E-state index in [4.69, 9.17) is 5.73 Å². The maximum Gasteiger partial charge on any atom is 0.231 e. The second-order valence-electron chi connectivity index (χ2n) is 5.20. The van der Waals surface area contributed by atoms with Crippen LogP contribution in [0, 0.1) is 5.41 Å². The summed E-state index contributed by atoms with van der Waals surface area (Å²) in [6, 6.07) is 8.05. The molecular formula is C15H22N2O. The molecule has 0 spiro atoms. The Bertz CT molecular complexity index is 405. The van der Waals surface area contributed by atoms with Crippen molar-refractivity contribution in [3.8, 4) is 0 Å². The van der Waals surface area contributed by atoms with E-state index in [0.29, 0.717) is 6.54 Å². The van der Waals surface area contributed by atoms with Gasteiger partial charge in [-0.05, 0) is 37.0 Å². The van der Waals surface area contributed by atoms with Crippen LogP contribution in [0.3, 0.4) is 0 Å². The smallest absolute Gasteiger partial charge is 0.231 e. The number of anilines is 1. The van der Waals surface area contributed by atoms with Gasteiger partial charge in [-0.1, -0.05) is 31.9 Å². The van der Waals surface area contributed by atoms with Crippen molar-refractivity contribution in [2.45, 2.75) is 39.0 Å². The van der Waals surface area contributed by atoms with Gasteiger partial charge in [-0.25, -0.2) is 0 Å². The van der Waals surface area contributed by atoms with Crippen LogP contribution in [-0.2, 0) is 11.2 Å². The van der Waals surface area contributed by atoms with Gasteiger partial charge in [-0.15, -0.1) is 0 Å². The first-order chi connectivity index (χ1) is 8.70. The molecule has 3 heteroatoms. The van der Waals surface area contributed by atoms with Crippen LogP contribution in [0.1, 0.15) is 38.2 Å². The molecule has 1 amide bonds. The third-order valence-electron chi connectivity index (χ3n) is 4.05. The van der Waals surface area contributed by atoms with E-state index in [-0.39, 0.29) is 11.3 Å². The van der Waals surface area contributed by atoms with Gasteiger partial charge in [0.1, 0.15) is 0 Å². The molecule has 0 bridgehead atoms. The molecule has 0 heterocycles. The number of carbonyl (C=O) groups is 1. The van der Waals surface area contributed by atoms with Crippen molar-refractivity contribution in [3.63, 3.8) is 0 Å². The van der Waals surface area contributed by atoms with E-state index < -0.39 is 0 Å². The number of rotatable bonds is 4. The van der Waals surface area contributed by atoms with Crippen molar-refractivity contribution in [1.82, 2.24) is 0 Å². The topological polar surface area (TPSA) is 55.1 Å². The molecule has 0 aliphatic heterocycles. The molecule has 3 nitrogen and oxygen atoms in total. The van der Waals surface area contributed by atoms with Crippen LogP contribution in [0.5, 0.6) is 0 Å². The zero-order valence-electron chi connectivity index (χ0n) is 11.0. The minimum absolute atomic E-state index is 0.0896. The number of nitrogens with two attached hydrogens (primary N) is 1. The lowest BCUT2D eigenvalue weighted by Crippen LogP contribution is -2.40. The molecule has 1 fully saturated rings. The molecule has 0 aromatic heterocycles. The number of aryl methyl sites for hydroxylation is 1. The fourth-order valence-corrected chi connectivity index (χ4v) is 2.66. The van der Waals surface area contributed by atoms with E-state index in [1.807, 2.05) is 12.1 Å². The third-order valence-corrected chi connectivity index (χ3v) is 4.05. The summed E-state index contributed by atoms with van der Waals surface area (Å²) in [5.41, 5.74) is 7.63. The van der Waals surface area contributed by atoms with Gasteiger partial charge in [0.15, 0.2) is 0 Å². The highest BCUT2D eigenvalue weighted by molar-refractivity contribution is 5.95. The van der Waals surface area contributed by atoms with Crippen LogP contribution in [0.4, 0.5) is 5.69 Å². The molecule has 0 unspecified atom stereocenters. The Morgan fingerprint density at radius 2 is 1.89 bits per heavy atom. The van der Waals surface area contributed by atoms with Crippen molar-refractivity contribution in [3.05, 3.63) is 29.8 Å². The average Bonchev–Trinajstić information content (AvgIpc) is 2.89. The van der Waals surface area contributed by atoms with Gasteiger partial charge in [-0.3, -0.25) is 4.79 Å². The van der Waals surface area contributed by atoms with Crippen molar-refractivity contribution in [2.75, 3.05) is 11.9 Å². The van der Waals surface area contributed by atoms with Gasteiger partial charge in [0, 0.05) is 12.2 Å². The Hall–Kier alpha value is -1.35. The summed E-state index contributed by atoms with van der Waals surface area (Å²) in [7, 11) is 0. The van der Waals surface area contributed by atoms with E-state index in [1.165, 1.54) is 5.56 Å². The zero-order chi connectivity index (χ0) is 13.0. The van der Waals surface area contributed by atoms with E-state index >= 15 is 0 Å². The molecule has 1 aliphatic rings. The normalized spacial score (nSPS) is 17.7. The Balaban J connectivity index is 2.05. The highest BCUT2D eigenvalue weighted by Gasteiger charge is 2.39. The first-order valence-electron chi connectivity index (χ1n) is 6.81. The average molecular weight is 246 g/mol. The number of nitrogens with one attached hydrogen (secondary N) is 1. The highest BCUT2D eigenvalue weighted by atomic mass is 16.2. The van der Waals surface area contributed by atoms with Gasteiger partial charge < -0.3 is 11.1 Å². The molecular weight excluding hydrogens is 224 g/mol. The lowest BCUT2D eigenvalue weighted by molar-refractivity contribution is -0.124. The molecule has 1 aliphatic carbocycles. The van der Waals surface area contributed by atoms with Crippen LogP contribution in [0.15, 0.2) is 24.3 Å². The van der Waals surface area contributed by atoms with Gasteiger partial charge in [0.2, 0.25) is 5.91 Å². The minimum atomic E-state index is -0.330. The molecule has 1 aromatic carbocycles. The summed E-state index contributed by atoms with van der Waals surface area (Å²) in [4.78, 5) is 12.3.